The van der Waals surface area contributed by atoms with Crippen molar-refractivity contribution in [2.45, 2.75) is 39.5 Å². The largest absolute Gasteiger partial charge is 0.508 e. The maximum absolute atomic E-state index is 12.7. The normalized spacial score (nSPS) is 12.7. The van der Waals surface area contributed by atoms with Crippen molar-refractivity contribution in [1.82, 2.24) is 0 Å². The average molecular weight is 407 g/mol. The third kappa shape index (κ3) is 3.18. The number of carbonyl (C=O) groups is 1. The summed E-state index contributed by atoms with van der Waals surface area (Å²) in [5.74, 6) is 0.265. The summed E-state index contributed by atoms with van der Waals surface area (Å²) in [6.07, 6.45) is 2.90. The Hall–Kier alpha value is -2.21. The molecule has 0 radical (unpaired) electrons. The molecule has 0 fully saturated rings. The Balaban J connectivity index is 2.23. The highest BCUT2D eigenvalue weighted by molar-refractivity contribution is 9.10. The highest BCUT2D eigenvalue weighted by Gasteiger charge is 2.30. The Morgan fingerprint density at radius 2 is 1.64 bits per heavy atom. The molecular formula is C19H19BrO5. The Labute approximate surface area is 154 Å². The molecule has 3 rings (SSSR count). The molecule has 0 aliphatic carbocycles. The number of benzene rings is 2. The molecule has 132 valence electrons. The van der Waals surface area contributed by atoms with Crippen molar-refractivity contribution in [2.24, 2.45) is 0 Å². The number of phenols is 2. The van der Waals surface area contributed by atoms with E-state index in [0.717, 1.165) is 18.4 Å². The summed E-state index contributed by atoms with van der Waals surface area (Å²) < 4.78 is 11.8. The number of ether oxygens (including phenoxy) is 2. The Morgan fingerprint density at radius 1 is 0.960 bits per heavy atom. The third-order valence-corrected chi connectivity index (χ3v) is 4.82. The second-order valence-electron chi connectivity index (χ2n) is 6.00. The van der Waals surface area contributed by atoms with Crippen LogP contribution in [0.25, 0.3) is 0 Å². The van der Waals surface area contributed by atoms with Crippen LogP contribution in [0.1, 0.15) is 48.2 Å². The monoisotopic (exact) mass is 406 g/mol. The van der Waals surface area contributed by atoms with Gasteiger partial charge in [0.2, 0.25) is 0 Å². The van der Waals surface area contributed by atoms with Crippen LogP contribution in [0.15, 0.2) is 22.7 Å². The average Bonchev–Trinajstić information content (AvgIpc) is 2.69. The van der Waals surface area contributed by atoms with Crippen LogP contribution in [0.5, 0.6) is 28.7 Å². The van der Waals surface area contributed by atoms with Gasteiger partial charge in [0.1, 0.15) is 27.3 Å². The van der Waals surface area contributed by atoms with Gasteiger partial charge < -0.3 is 19.7 Å². The minimum Gasteiger partial charge on any atom is -0.508 e. The maximum Gasteiger partial charge on any atom is 0.347 e. The molecule has 2 aromatic carbocycles. The quantitative estimate of drug-likeness (QED) is 0.546. The van der Waals surface area contributed by atoms with Crippen LogP contribution in [0.2, 0.25) is 0 Å². The highest BCUT2D eigenvalue weighted by atomic mass is 79.9. The fourth-order valence-corrected chi connectivity index (χ4v) is 3.38. The molecule has 0 saturated carbocycles. The number of hydrogen-bond donors (Lipinski definition) is 2. The van der Waals surface area contributed by atoms with Crippen LogP contribution in [0, 0.1) is 0 Å². The Bertz CT molecular complexity index is 844. The van der Waals surface area contributed by atoms with Gasteiger partial charge in [-0.3, -0.25) is 0 Å². The highest BCUT2D eigenvalue weighted by Crippen LogP contribution is 2.49. The van der Waals surface area contributed by atoms with Crippen LogP contribution in [0.3, 0.4) is 0 Å². The molecule has 0 amide bonds. The van der Waals surface area contributed by atoms with E-state index in [0.29, 0.717) is 29.7 Å². The summed E-state index contributed by atoms with van der Waals surface area (Å²) in [5, 5.41) is 20.1. The van der Waals surface area contributed by atoms with Crippen LogP contribution < -0.4 is 9.47 Å². The fraction of sp³-hybridized carbons (Fsp3) is 0.316. The molecule has 1 aliphatic rings. The molecule has 0 atom stereocenters. The van der Waals surface area contributed by atoms with E-state index in [2.05, 4.69) is 15.9 Å². The zero-order valence-electron chi connectivity index (χ0n) is 14.1. The second kappa shape index (κ2) is 6.96. The lowest BCUT2D eigenvalue weighted by molar-refractivity contribution is 0.0735. The number of aryl methyl sites for hydroxylation is 2. The summed E-state index contributed by atoms with van der Waals surface area (Å²) in [6.45, 7) is 4.00. The summed E-state index contributed by atoms with van der Waals surface area (Å²) in [4.78, 5) is 12.7. The van der Waals surface area contributed by atoms with Gasteiger partial charge in [-0.1, -0.05) is 26.7 Å². The van der Waals surface area contributed by atoms with Gasteiger partial charge >= 0.3 is 5.97 Å². The summed E-state index contributed by atoms with van der Waals surface area (Å²) >= 11 is 3.27. The first-order valence-corrected chi connectivity index (χ1v) is 9.05. The number of carbonyl (C=O) groups excluding carboxylic acids is 1. The van der Waals surface area contributed by atoms with Gasteiger partial charge in [0.15, 0.2) is 11.5 Å². The van der Waals surface area contributed by atoms with E-state index >= 15 is 0 Å². The van der Waals surface area contributed by atoms with Crippen molar-refractivity contribution in [3.8, 4) is 28.7 Å². The van der Waals surface area contributed by atoms with Gasteiger partial charge in [-0.15, -0.1) is 0 Å². The van der Waals surface area contributed by atoms with Crippen molar-refractivity contribution in [3.63, 3.8) is 0 Å². The number of halogens is 1. The molecule has 0 aromatic heterocycles. The minimum atomic E-state index is -0.564. The van der Waals surface area contributed by atoms with E-state index in [9.17, 15) is 15.0 Å². The topological polar surface area (TPSA) is 76.0 Å². The van der Waals surface area contributed by atoms with Gasteiger partial charge in [0, 0.05) is 11.6 Å². The van der Waals surface area contributed by atoms with E-state index in [4.69, 9.17) is 9.47 Å². The molecule has 0 saturated heterocycles. The zero-order valence-corrected chi connectivity index (χ0v) is 15.6. The first kappa shape index (κ1) is 17.6. The van der Waals surface area contributed by atoms with Crippen LogP contribution in [0.4, 0.5) is 0 Å². The number of hydrogen-bond acceptors (Lipinski definition) is 5. The number of aromatic hydroxyl groups is 2. The van der Waals surface area contributed by atoms with Gasteiger partial charge in [-0.05, 0) is 46.5 Å². The first-order valence-electron chi connectivity index (χ1n) is 8.26. The first-order chi connectivity index (χ1) is 12.0. The molecule has 2 aromatic rings. The van der Waals surface area contributed by atoms with Gasteiger partial charge in [0.25, 0.3) is 0 Å². The molecule has 1 aliphatic heterocycles. The minimum absolute atomic E-state index is 0.0128. The molecule has 1 heterocycles. The van der Waals surface area contributed by atoms with Gasteiger partial charge in [-0.25, -0.2) is 4.79 Å². The summed E-state index contributed by atoms with van der Waals surface area (Å²) in [6, 6.07) is 4.57. The Kier molecular flexibility index (Phi) is 4.90. The van der Waals surface area contributed by atoms with Crippen LogP contribution in [-0.4, -0.2) is 16.2 Å². The van der Waals surface area contributed by atoms with Gasteiger partial charge in [-0.2, -0.15) is 0 Å². The summed E-state index contributed by atoms with van der Waals surface area (Å²) in [7, 11) is 0. The maximum atomic E-state index is 12.7. The lowest BCUT2D eigenvalue weighted by atomic mass is 10.0. The molecule has 5 nitrogen and oxygen atoms in total. The smallest absolute Gasteiger partial charge is 0.347 e. The number of rotatable bonds is 4. The molecule has 0 unspecified atom stereocenters. The molecule has 25 heavy (non-hydrogen) atoms. The lowest BCUT2D eigenvalue weighted by Crippen LogP contribution is -2.11. The molecule has 2 N–H and O–H groups in total. The van der Waals surface area contributed by atoms with Crippen molar-refractivity contribution < 1.29 is 24.5 Å². The Morgan fingerprint density at radius 3 is 2.32 bits per heavy atom. The van der Waals surface area contributed by atoms with Gasteiger partial charge in [0.05, 0.1) is 0 Å². The van der Waals surface area contributed by atoms with E-state index in [-0.39, 0.29) is 27.5 Å². The van der Waals surface area contributed by atoms with E-state index in [1.807, 2.05) is 13.8 Å². The standard InChI is InChI=1S/C19H19BrO5/c1-3-5-10-7-12(21)9-14-15(10)19(23)25-18-16(20)13(22)8-11(6-4-2)17(18)24-14/h7-9,21-22H,3-6H2,1-2H3. The lowest BCUT2D eigenvalue weighted by Gasteiger charge is -2.14. The van der Waals surface area contributed by atoms with Crippen molar-refractivity contribution in [2.75, 3.05) is 0 Å². The second-order valence-corrected chi connectivity index (χ2v) is 6.79. The van der Waals surface area contributed by atoms with Crippen molar-refractivity contribution >= 4 is 21.9 Å². The van der Waals surface area contributed by atoms with Crippen LogP contribution >= 0.6 is 15.9 Å². The third-order valence-electron chi connectivity index (χ3n) is 4.05. The molecule has 0 bridgehead atoms. The van der Waals surface area contributed by atoms with E-state index < -0.39 is 5.97 Å². The fourth-order valence-electron chi connectivity index (χ4n) is 3.00. The molecular weight excluding hydrogens is 388 g/mol. The molecule has 6 heteroatoms. The zero-order chi connectivity index (χ0) is 18.1. The van der Waals surface area contributed by atoms with Crippen molar-refractivity contribution in [1.29, 1.82) is 0 Å². The predicted molar refractivity (Wildman–Crippen MR) is 96.9 cm³/mol. The van der Waals surface area contributed by atoms with E-state index in [1.54, 1.807) is 12.1 Å². The molecule has 0 spiro atoms. The number of fused-ring (bicyclic) bond motifs is 2. The van der Waals surface area contributed by atoms with Crippen molar-refractivity contribution in [3.05, 3.63) is 39.4 Å². The predicted octanol–water partition coefficient (Wildman–Crippen LogP) is 5.09. The SMILES string of the molecule is CCCc1cc(O)c(Br)c2c1Oc1cc(O)cc(CCC)c1C(=O)O2. The number of esters is 1. The van der Waals surface area contributed by atoms with Crippen LogP contribution in [-0.2, 0) is 12.8 Å². The summed E-state index contributed by atoms with van der Waals surface area (Å²) in [5.41, 5.74) is 1.72. The number of phenolic OH excluding ortho intramolecular Hbond substituents is 2. The van der Waals surface area contributed by atoms with E-state index in [1.165, 1.54) is 6.07 Å².